The third-order valence-electron chi connectivity index (χ3n) is 3.36. The van der Waals surface area contributed by atoms with Crippen LogP contribution in [0.25, 0.3) is 0 Å². The molecular formula is C15H25FN2. The Morgan fingerprint density at radius 2 is 1.94 bits per heavy atom. The van der Waals surface area contributed by atoms with Crippen LogP contribution in [0.1, 0.15) is 33.6 Å². The fourth-order valence-electron chi connectivity index (χ4n) is 2.12. The van der Waals surface area contributed by atoms with Crippen LogP contribution in [0.5, 0.6) is 0 Å². The van der Waals surface area contributed by atoms with Crippen LogP contribution in [-0.4, -0.2) is 25.7 Å². The minimum atomic E-state index is -0.168. The first-order valence-corrected chi connectivity index (χ1v) is 6.95. The quantitative estimate of drug-likeness (QED) is 0.762. The molecule has 0 aliphatic carbocycles. The van der Waals surface area contributed by atoms with Crippen molar-refractivity contribution in [3.05, 3.63) is 30.1 Å². The lowest BCUT2D eigenvalue weighted by atomic mass is 10.2. The second-order valence-corrected chi connectivity index (χ2v) is 4.53. The van der Waals surface area contributed by atoms with Gasteiger partial charge in [0.15, 0.2) is 0 Å². The Morgan fingerprint density at radius 3 is 2.50 bits per heavy atom. The standard InChI is InChI=1S/C15H25FN2/c1-4-14(5-2)17-10-11-18(6-3)15-9-7-8-13(16)12-15/h7-9,12,14,17H,4-6,10-11H2,1-3H3. The van der Waals surface area contributed by atoms with Crippen LogP contribution in [0.4, 0.5) is 10.1 Å². The van der Waals surface area contributed by atoms with Gasteiger partial charge in [-0.15, -0.1) is 0 Å². The first kappa shape index (κ1) is 15.0. The largest absolute Gasteiger partial charge is 0.370 e. The Kier molecular flexibility index (Phi) is 6.73. The van der Waals surface area contributed by atoms with Crippen molar-refractivity contribution in [2.75, 3.05) is 24.5 Å². The van der Waals surface area contributed by atoms with Crippen LogP contribution >= 0.6 is 0 Å². The number of hydrogen-bond acceptors (Lipinski definition) is 2. The van der Waals surface area contributed by atoms with E-state index in [0.29, 0.717) is 6.04 Å². The van der Waals surface area contributed by atoms with E-state index in [2.05, 4.69) is 31.0 Å². The zero-order valence-electron chi connectivity index (χ0n) is 11.7. The van der Waals surface area contributed by atoms with Crippen LogP contribution in [0.2, 0.25) is 0 Å². The van der Waals surface area contributed by atoms with Gasteiger partial charge in [0, 0.05) is 31.4 Å². The maximum absolute atomic E-state index is 13.2. The Morgan fingerprint density at radius 1 is 1.22 bits per heavy atom. The van der Waals surface area contributed by atoms with Gasteiger partial charge in [0.05, 0.1) is 0 Å². The number of anilines is 1. The van der Waals surface area contributed by atoms with E-state index in [1.165, 1.54) is 6.07 Å². The first-order valence-electron chi connectivity index (χ1n) is 6.95. The van der Waals surface area contributed by atoms with Crippen LogP contribution < -0.4 is 10.2 Å². The molecule has 0 unspecified atom stereocenters. The summed E-state index contributed by atoms with van der Waals surface area (Å²) in [4.78, 5) is 2.19. The smallest absolute Gasteiger partial charge is 0.125 e. The molecule has 1 aromatic rings. The molecule has 0 aliphatic rings. The molecule has 0 saturated carbocycles. The van der Waals surface area contributed by atoms with E-state index < -0.39 is 0 Å². The molecule has 0 aromatic heterocycles. The van der Waals surface area contributed by atoms with Gasteiger partial charge in [-0.05, 0) is 38.0 Å². The number of nitrogens with one attached hydrogen (secondary N) is 1. The zero-order chi connectivity index (χ0) is 13.4. The molecule has 0 saturated heterocycles. The molecule has 1 N–H and O–H groups in total. The average molecular weight is 252 g/mol. The summed E-state index contributed by atoms with van der Waals surface area (Å²) >= 11 is 0. The summed E-state index contributed by atoms with van der Waals surface area (Å²) in [7, 11) is 0. The van der Waals surface area contributed by atoms with E-state index in [1.807, 2.05) is 6.07 Å². The highest BCUT2D eigenvalue weighted by atomic mass is 19.1. The van der Waals surface area contributed by atoms with Crippen LogP contribution in [0.3, 0.4) is 0 Å². The van der Waals surface area contributed by atoms with Crippen molar-refractivity contribution in [1.82, 2.24) is 5.32 Å². The number of hydrogen-bond donors (Lipinski definition) is 1. The topological polar surface area (TPSA) is 15.3 Å². The molecule has 0 aliphatic heterocycles. The van der Waals surface area contributed by atoms with Gasteiger partial charge < -0.3 is 10.2 Å². The molecule has 102 valence electrons. The maximum atomic E-state index is 13.2. The summed E-state index contributed by atoms with van der Waals surface area (Å²) < 4.78 is 13.2. The van der Waals surface area contributed by atoms with E-state index in [9.17, 15) is 4.39 Å². The predicted octanol–water partition coefficient (Wildman–Crippen LogP) is 3.43. The third-order valence-corrected chi connectivity index (χ3v) is 3.36. The Labute approximate surface area is 110 Å². The molecule has 0 atom stereocenters. The predicted molar refractivity (Wildman–Crippen MR) is 76.7 cm³/mol. The van der Waals surface area contributed by atoms with Gasteiger partial charge >= 0.3 is 0 Å². The highest BCUT2D eigenvalue weighted by Crippen LogP contribution is 2.14. The zero-order valence-corrected chi connectivity index (χ0v) is 11.7. The van der Waals surface area contributed by atoms with Gasteiger partial charge in [-0.3, -0.25) is 0 Å². The first-order chi connectivity index (χ1) is 8.71. The van der Waals surface area contributed by atoms with Gasteiger partial charge in [0.1, 0.15) is 5.82 Å². The maximum Gasteiger partial charge on any atom is 0.125 e. The number of halogens is 1. The molecule has 18 heavy (non-hydrogen) atoms. The minimum absolute atomic E-state index is 0.168. The van der Waals surface area contributed by atoms with Gasteiger partial charge in [0.25, 0.3) is 0 Å². The second kappa shape index (κ2) is 8.09. The lowest BCUT2D eigenvalue weighted by Gasteiger charge is -2.24. The monoisotopic (exact) mass is 252 g/mol. The minimum Gasteiger partial charge on any atom is -0.370 e. The number of benzene rings is 1. The van der Waals surface area contributed by atoms with Crippen molar-refractivity contribution in [3.8, 4) is 0 Å². The molecule has 0 fully saturated rings. The number of likely N-dealkylation sites (N-methyl/N-ethyl adjacent to an activating group) is 1. The lowest BCUT2D eigenvalue weighted by molar-refractivity contribution is 0.487. The molecule has 1 rings (SSSR count). The molecular weight excluding hydrogens is 227 g/mol. The summed E-state index contributed by atoms with van der Waals surface area (Å²) in [6, 6.07) is 7.40. The Bertz CT molecular complexity index is 337. The summed E-state index contributed by atoms with van der Waals surface area (Å²) in [5.74, 6) is -0.168. The summed E-state index contributed by atoms with van der Waals surface area (Å²) in [6.07, 6.45) is 2.31. The molecule has 2 nitrogen and oxygen atoms in total. The summed E-state index contributed by atoms with van der Waals surface area (Å²) in [6.45, 7) is 9.25. The van der Waals surface area contributed by atoms with Gasteiger partial charge in [-0.1, -0.05) is 19.9 Å². The van der Waals surface area contributed by atoms with Crippen molar-refractivity contribution in [1.29, 1.82) is 0 Å². The van der Waals surface area contributed by atoms with E-state index in [1.54, 1.807) is 12.1 Å². The molecule has 0 heterocycles. The van der Waals surface area contributed by atoms with Crippen LogP contribution in [0.15, 0.2) is 24.3 Å². The van der Waals surface area contributed by atoms with Crippen molar-refractivity contribution in [3.63, 3.8) is 0 Å². The average Bonchev–Trinajstić information content (AvgIpc) is 2.39. The van der Waals surface area contributed by atoms with Gasteiger partial charge in [0.2, 0.25) is 0 Å². The fraction of sp³-hybridized carbons (Fsp3) is 0.600. The third kappa shape index (κ3) is 4.65. The van der Waals surface area contributed by atoms with Crippen molar-refractivity contribution < 1.29 is 4.39 Å². The highest BCUT2D eigenvalue weighted by molar-refractivity contribution is 5.46. The van der Waals surface area contributed by atoms with Crippen molar-refractivity contribution >= 4 is 5.69 Å². The highest BCUT2D eigenvalue weighted by Gasteiger charge is 2.06. The van der Waals surface area contributed by atoms with E-state index in [0.717, 1.165) is 38.2 Å². The summed E-state index contributed by atoms with van der Waals surface area (Å²) in [5.41, 5.74) is 0.962. The van der Waals surface area contributed by atoms with E-state index in [4.69, 9.17) is 0 Å². The molecule has 0 amide bonds. The molecule has 0 bridgehead atoms. The SMILES string of the molecule is CCC(CC)NCCN(CC)c1cccc(F)c1. The lowest BCUT2D eigenvalue weighted by Crippen LogP contribution is -2.36. The second-order valence-electron chi connectivity index (χ2n) is 4.53. The van der Waals surface area contributed by atoms with Crippen molar-refractivity contribution in [2.45, 2.75) is 39.7 Å². The van der Waals surface area contributed by atoms with Crippen LogP contribution in [0, 0.1) is 5.82 Å². The van der Waals surface area contributed by atoms with Crippen molar-refractivity contribution in [2.24, 2.45) is 0 Å². The van der Waals surface area contributed by atoms with E-state index >= 15 is 0 Å². The van der Waals surface area contributed by atoms with Gasteiger partial charge in [-0.2, -0.15) is 0 Å². The molecule has 3 heteroatoms. The Hall–Kier alpha value is -1.09. The fourth-order valence-corrected chi connectivity index (χ4v) is 2.12. The Balaban J connectivity index is 2.47. The van der Waals surface area contributed by atoms with E-state index in [-0.39, 0.29) is 5.82 Å². The molecule has 0 radical (unpaired) electrons. The molecule has 1 aromatic carbocycles. The normalized spacial score (nSPS) is 10.9. The number of nitrogens with zero attached hydrogens (tertiary/aromatic N) is 1. The number of rotatable bonds is 8. The van der Waals surface area contributed by atoms with Gasteiger partial charge in [-0.25, -0.2) is 4.39 Å². The summed E-state index contributed by atoms with van der Waals surface area (Å²) in [5, 5.41) is 3.53. The molecule has 0 spiro atoms. The van der Waals surface area contributed by atoms with Crippen LogP contribution in [-0.2, 0) is 0 Å².